The lowest BCUT2D eigenvalue weighted by atomic mass is 9.98. The first-order chi connectivity index (χ1) is 9.22. The summed E-state index contributed by atoms with van der Waals surface area (Å²) in [6, 6.07) is 8.26. The first-order valence-corrected chi connectivity index (χ1v) is 7.46. The van der Waals surface area contributed by atoms with Crippen molar-refractivity contribution < 1.29 is 9.84 Å². The van der Waals surface area contributed by atoms with E-state index in [4.69, 9.17) is 4.74 Å². The summed E-state index contributed by atoms with van der Waals surface area (Å²) in [6.45, 7) is 12.3. The molecule has 2 rings (SSSR count). The summed E-state index contributed by atoms with van der Waals surface area (Å²) in [6.07, 6.45) is 0.387. The van der Waals surface area contributed by atoms with Gasteiger partial charge >= 0.3 is 0 Å². The molecule has 0 aromatic heterocycles. The molecule has 112 valence electrons. The van der Waals surface area contributed by atoms with Crippen LogP contribution >= 0.6 is 0 Å². The maximum Gasteiger partial charge on any atom is 0.0808 e. The maximum absolute atomic E-state index is 9.86. The molecule has 0 unspecified atom stereocenters. The second-order valence-corrected chi connectivity index (χ2v) is 6.99. The van der Waals surface area contributed by atoms with Crippen LogP contribution in [0, 0.1) is 0 Å². The number of aliphatic hydroxyl groups is 1. The highest BCUT2D eigenvalue weighted by Gasteiger charge is 2.38. The number of hydrogen-bond acceptors (Lipinski definition) is 3. The number of ether oxygens (including phenoxy) is 1. The van der Waals surface area contributed by atoms with Crippen molar-refractivity contribution in [1.82, 2.24) is 0 Å². The van der Waals surface area contributed by atoms with E-state index in [-0.39, 0.29) is 17.3 Å². The van der Waals surface area contributed by atoms with E-state index >= 15 is 0 Å². The Morgan fingerprint density at radius 3 is 2.05 bits per heavy atom. The van der Waals surface area contributed by atoms with Gasteiger partial charge in [-0.05, 0) is 51.8 Å². The fourth-order valence-corrected chi connectivity index (χ4v) is 3.11. The summed E-state index contributed by atoms with van der Waals surface area (Å²) in [4.78, 5) is 2.37. The molecule has 1 aliphatic heterocycles. The van der Waals surface area contributed by atoms with E-state index in [1.54, 1.807) is 0 Å². The van der Waals surface area contributed by atoms with Crippen LogP contribution in [0.15, 0.2) is 24.3 Å². The summed E-state index contributed by atoms with van der Waals surface area (Å²) >= 11 is 0. The van der Waals surface area contributed by atoms with Crippen LogP contribution in [0.5, 0.6) is 0 Å². The number of anilines is 1. The van der Waals surface area contributed by atoms with Gasteiger partial charge in [0.15, 0.2) is 0 Å². The number of hydrogen-bond donors (Lipinski definition) is 1. The quantitative estimate of drug-likeness (QED) is 0.917. The van der Waals surface area contributed by atoms with E-state index < -0.39 is 0 Å². The Labute approximate surface area is 122 Å². The predicted octanol–water partition coefficient (Wildman–Crippen LogP) is 3.52. The molecule has 1 saturated heterocycles. The SMILES string of the molecule is CC[C@@H](O)c1ccc(N2CC(C)(C)OC(C)(C)C2)cc1. The van der Waals surface area contributed by atoms with Crippen LogP contribution in [0.4, 0.5) is 5.69 Å². The van der Waals surface area contributed by atoms with Gasteiger partial charge in [-0.2, -0.15) is 0 Å². The van der Waals surface area contributed by atoms with Gasteiger partial charge in [0.1, 0.15) is 0 Å². The van der Waals surface area contributed by atoms with Crippen molar-refractivity contribution in [3.8, 4) is 0 Å². The van der Waals surface area contributed by atoms with Crippen LogP contribution in [0.25, 0.3) is 0 Å². The summed E-state index contributed by atoms with van der Waals surface area (Å²) in [5.74, 6) is 0. The standard InChI is InChI=1S/C17H27NO2/c1-6-15(19)13-7-9-14(10-8-13)18-11-16(2,3)20-17(4,5)12-18/h7-10,15,19H,6,11-12H2,1-5H3/t15-/m1/s1. The topological polar surface area (TPSA) is 32.7 Å². The van der Waals surface area contributed by atoms with Crippen LogP contribution in [0.1, 0.15) is 52.7 Å². The smallest absolute Gasteiger partial charge is 0.0808 e. The van der Waals surface area contributed by atoms with Crippen molar-refractivity contribution in [2.24, 2.45) is 0 Å². The monoisotopic (exact) mass is 277 g/mol. The van der Waals surface area contributed by atoms with Gasteiger partial charge in [0.25, 0.3) is 0 Å². The molecule has 1 aromatic rings. The van der Waals surface area contributed by atoms with Gasteiger partial charge in [-0.15, -0.1) is 0 Å². The molecule has 0 spiro atoms. The average Bonchev–Trinajstić information content (AvgIpc) is 2.34. The zero-order valence-corrected chi connectivity index (χ0v) is 13.3. The number of aliphatic hydroxyl groups excluding tert-OH is 1. The van der Waals surface area contributed by atoms with Crippen molar-refractivity contribution in [3.05, 3.63) is 29.8 Å². The Morgan fingerprint density at radius 2 is 1.60 bits per heavy atom. The Hall–Kier alpha value is -1.06. The molecule has 1 aromatic carbocycles. The highest BCUT2D eigenvalue weighted by atomic mass is 16.5. The second kappa shape index (κ2) is 5.38. The lowest BCUT2D eigenvalue weighted by Gasteiger charge is -2.48. The molecule has 0 aliphatic carbocycles. The fourth-order valence-electron chi connectivity index (χ4n) is 3.11. The van der Waals surface area contributed by atoms with Gasteiger partial charge < -0.3 is 14.7 Å². The molecule has 1 aliphatic rings. The molecule has 1 heterocycles. The molecule has 1 atom stereocenters. The van der Waals surface area contributed by atoms with Crippen molar-refractivity contribution in [1.29, 1.82) is 0 Å². The van der Waals surface area contributed by atoms with E-state index in [9.17, 15) is 5.11 Å². The maximum atomic E-state index is 9.86. The molecular formula is C17H27NO2. The highest BCUT2D eigenvalue weighted by molar-refractivity contribution is 5.49. The Balaban J connectivity index is 2.18. The molecule has 1 N–H and O–H groups in total. The molecule has 3 heteroatoms. The third-order valence-electron chi connectivity index (χ3n) is 3.73. The van der Waals surface area contributed by atoms with Crippen molar-refractivity contribution in [2.45, 2.75) is 58.3 Å². The van der Waals surface area contributed by atoms with Gasteiger partial charge in [0, 0.05) is 18.8 Å². The number of nitrogens with zero attached hydrogens (tertiary/aromatic N) is 1. The number of rotatable bonds is 3. The normalized spacial score (nSPS) is 22.6. The van der Waals surface area contributed by atoms with Crippen LogP contribution in [-0.4, -0.2) is 29.4 Å². The summed E-state index contributed by atoms with van der Waals surface area (Å²) in [5, 5.41) is 9.86. The predicted molar refractivity (Wildman–Crippen MR) is 83.1 cm³/mol. The van der Waals surface area contributed by atoms with Crippen LogP contribution < -0.4 is 4.90 Å². The van der Waals surface area contributed by atoms with E-state index in [1.165, 1.54) is 5.69 Å². The summed E-state index contributed by atoms with van der Waals surface area (Å²) < 4.78 is 6.11. The van der Waals surface area contributed by atoms with Crippen LogP contribution in [0.2, 0.25) is 0 Å². The second-order valence-electron chi connectivity index (χ2n) is 6.99. The first-order valence-electron chi connectivity index (χ1n) is 7.46. The van der Waals surface area contributed by atoms with Gasteiger partial charge in [0.05, 0.1) is 17.3 Å². The lowest BCUT2D eigenvalue weighted by Crippen LogP contribution is -2.57. The molecule has 20 heavy (non-hydrogen) atoms. The molecule has 0 saturated carbocycles. The number of morpholine rings is 1. The van der Waals surface area contributed by atoms with E-state index in [0.717, 1.165) is 25.1 Å². The van der Waals surface area contributed by atoms with Crippen molar-refractivity contribution in [3.63, 3.8) is 0 Å². The molecule has 0 amide bonds. The van der Waals surface area contributed by atoms with Gasteiger partial charge in [-0.25, -0.2) is 0 Å². The Bertz CT molecular complexity index is 435. The zero-order valence-electron chi connectivity index (χ0n) is 13.3. The molecule has 0 bridgehead atoms. The lowest BCUT2D eigenvalue weighted by molar-refractivity contribution is -0.133. The number of benzene rings is 1. The third-order valence-corrected chi connectivity index (χ3v) is 3.73. The van der Waals surface area contributed by atoms with Gasteiger partial charge in [0.2, 0.25) is 0 Å². The molecular weight excluding hydrogens is 250 g/mol. The Kier molecular flexibility index (Phi) is 4.12. The first kappa shape index (κ1) is 15.3. The highest BCUT2D eigenvalue weighted by Crippen LogP contribution is 2.32. The van der Waals surface area contributed by atoms with E-state index in [2.05, 4.69) is 44.7 Å². The molecule has 0 radical (unpaired) electrons. The minimum absolute atomic E-state index is 0.149. The van der Waals surface area contributed by atoms with E-state index in [1.807, 2.05) is 19.1 Å². The summed E-state index contributed by atoms with van der Waals surface area (Å²) in [5.41, 5.74) is 1.89. The molecule has 3 nitrogen and oxygen atoms in total. The average molecular weight is 277 g/mol. The Morgan fingerprint density at radius 1 is 1.10 bits per heavy atom. The van der Waals surface area contributed by atoms with Crippen molar-refractivity contribution in [2.75, 3.05) is 18.0 Å². The minimum Gasteiger partial charge on any atom is -0.388 e. The van der Waals surface area contributed by atoms with Gasteiger partial charge in [-0.1, -0.05) is 19.1 Å². The largest absolute Gasteiger partial charge is 0.388 e. The zero-order chi connectivity index (χ0) is 15.0. The molecule has 1 fully saturated rings. The van der Waals surface area contributed by atoms with Gasteiger partial charge in [-0.3, -0.25) is 0 Å². The van der Waals surface area contributed by atoms with Crippen LogP contribution in [0.3, 0.4) is 0 Å². The summed E-state index contributed by atoms with van der Waals surface area (Å²) in [7, 11) is 0. The van der Waals surface area contributed by atoms with Crippen LogP contribution in [-0.2, 0) is 4.74 Å². The fraction of sp³-hybridized carbons (Fsp3) is 0.647. The minimum atomic E-state index is -0.360. The van der Waals surface area contributed by atoms with Crippen molar-refractivity contribution >= 4 is 5.69 Å². The third kappa shape index (κ3) is 3.53. The van der Waals surface area contributed by atoms with E-state index in [0.29, 0.717) is 0 Å².